The molecule has 0 aromatic heterocycles. The number of hydrogen-bond donors (Lipinski definition) is 2. The van der Waals surface area contributed by atoms with Gasteiger partial charge in [-0.25, -0.2) is 0 Å². The quantitative estimate of drug-likeness (QED) is 0.820. The van der Waals surface area contributed by atoms with Gasteiger partial charge in [-0.1, -0.05) is 15.9 Å². The van der Waals surface area contributed by atoms with E-state index in [1.807, 2.05) is 19.9 Å². The molecule has 0 heterocycles. The van der Waals surface area contributed by atoms with Crippen molar-refractivity contribution in [2.24, 2.45) is 0 Å². The zero-order valence-corrected chi connectivity index (χ0v) is 10.2. The summed E-state index contributed by atoms with van der Waals surface area (Å²) in [5.41, 5.74) is 8.61. The number of benzene rings is 1. The summed E-state index contributed by atoms with van der Waals surface area (Å²) in [6.07, 6.45) is 0. The molecule has 78 valence electrons. The van der Waals surface area contributed by atoms with Crippen molar-refractivity contribution >= 4 is 27.3 Å². The van der Waals surface area contributed by atoms with Gasteiger partial charge in [-0.15, -0.1) is 0 Å². The van der Waals surface area contributed by atoms with Gasteiger partial charge in [0.15, 0.2) is 0 Å². The molecule has 0 aliphatic carbocycles. The highest BCUT2D eigenvalue weighted by Gasteiger charge is 2.11. The second kappa shape index (κ2) is 4.55. The maximum atomic E-state index is 5.97. The van der Waals surface area contributed by atoms with Crippen LogP contribution in [-0.4, -0.2) is 13.7 Å². The number of hydrogen-bond acceptors (Lipinski definition) is 3. The molecule has 0 spiro atoms. The van der Waals surface area contributed by atoms with Crippen molar-refractivity contribution in [3.63, 3.8) is 0 Å². The molecular weight excluding hydrogens is 244 g/mol. The molecule has 0 bridgehead atoms. The number of nitrogens with two attached hydrogens (primary N) is 1. The van der Waals surface area contributed by atoms with Crippen LogP contribution in [0.1, 0.15) is 12.5 Å². The van der Waals surface area contributed by atoms with Gasteiger partial charge in [-0.2, -0.15) is 0 Å². The number of ether oxygens (including phenoxy) is 1. The minimum absolute atomic E-state index is 0.734. The van der Waals surface area contributed by atoms with E-state index < -0.39 is 0 Å². The van der Waals surface area contributed by atoms with Crippen LogP contribution in [0.5, 0.6) is 5.75 Å². The van der Waals surface area contributed by atoms with Gasteiger partial charge < -0.3 is 15.8 Å². The van der Waals surface area contributed by atoms with Crippen LogP contribution in [0.15, 0.2) is 10.5 Å². The van der Waals surface area contributed by atoms with Crippen molar-refractivity contribution in [1.29, 1.82) is 0 Å². The summed E-state index contributed by atoms with van der Waals surface area (Å²) < 4.78 is 6.21. The van der Waals surface area contributed by atoms with Gasteiger partial charge >= 0.3 is 0 Å². The number of halogens is 1. The molecule has 4 heteroatoms. The first-order valence-electron chi connectivity index (χ1n) is 4.48. The van der Waals surface area contributed by atoms with Gasteiger partial charge in [0.25, 0.3) is 0 Å². The van der Waals surface area contributed by atoms with Gasteiger partial charge in [0, 0.05) is 11.0 Å². The molecule has 0 saturated carbocycles. The molecule has 3 N–H and O–H groups in total. The first-order chi connectivity index (χ1) is 6.61. The van der Waals surface area contributed by atoms with E-state index in [1.54, 1.807) is 7.11 Å². The Morgan fingerprint density at radius 3 is 2.71 bits per heavy atom. The summed E-state index contributed by atoms with van der Waals surface area (Å²) in [5.74, 6) is 0.766. The highest BCUT2D eigenvalue weighted by atomic mass is 79.9. The Bertz CT molecular complexity index is 339. The van der Waals surface area contributed by atoms with Gasteiger partial charge in [0.2, 0.25) is 0 Å². The fourth-order valence-electron chi connectivity index (χ4n) is 1.26. The Hall–Kier alpha value is -0.900. The minimum Gasteiger partial charge on any atom is -0.494 e. The number of anilines is 2. The molecule has 1 rings (SSSR count). The SMILES string of the molecule is CCNc1c(OC)cc(Br)c(C)c1N. The normalized spacial score (nSPS) is 10.0. The van der Waals surface area contributed by atoms with Crippen LogP contribution >= 0.6 is 15.9 Å². The molecule has 0 atom stereocenters. The minimum atomic E-state index is 0.734. The fourth-order valence-corrected chi connectivity index (χ4v) is 1.69. The lowest BCUT2D eigenvalue weighted by atomic mass is 10.1. The first kappa shape index (κ1) is 11.2. The van der Waals surface area contributed by atoms with Crippen LogP contribution in [0, 0.1) is 6.92 Å². The maximum absolute atomic E-state index is 5.97. The fraction of sp³-hybridized carbons (Fsp3) is 0.400. The van der Waals surface area contributed by atoms with Crippen LogP contribution in [0.3, 0.4) is 0 Å². The zero-order chi connectivity index (χ0) is 10.7. The smallest absolute Gasteiger partial charge is 0.145 e. The lowest BCUT2D eigenvalue weighted by Crippen LogP contribution is -2.05. The second-order valence-electron chi connectivity index (χ2n) is 3.00. The van der Waals surface area contributed by atoms with E-state index in [4.69, 9.17) is 10.5 Å². The number of nitrogens with one attached hydrogen (secondary N) is 1. The van der Waals surface area contributed by atoms with Crippen molar-refractivity contribution in [2.75, 3.05) is 24.7 Å². The van der Waals surface area contributed by atoms with Crippen LogP contribution in [0.2, 0.25) is 0 Å². The Morgan fingerprint density at radius 2 is 2.21 bits per heavy atom. The molecule has 0 aliphatic rings. The van der Waals surface area contributed by atoms with Gasteiger partial charge in [0.1, 0.15) is 11.4 Å². The average Bonchev–Trinajstić information content (AvgIpc) is 2.19. The lowest BCUT2D eigenvalue weighted by molar-refractivity contribution is 0.416. The number of rotatable bonds is 3. The monoisotopic (exact) mass is 258 g/mol. The summed E-state index contributed by atoms with van der Waals surface area (Å²) in [6, 6.07) is 1.92. The molecule has 3 nitrogen and oxygen atoms in total. The van der Waals surface area contributed by atoms with Crippen molar-refractivity contribution in [3.8, 4) is 5.75 Å². The van der Waals surface area contributed by atoms with E-state index in [2.05, 4.69) is 21.2 Å². The van der Waals surface area contributed by atoms with E-state index in [-0.39, 0.29) is 0 Å². The highest BCUT2D eigenvalue weighted by Crippen LogP contribution is 2.37. The van der Waals surface area contributed by atoms with Crippen molar-refractivity contribution < 1.29 is 4.74 Å². The topological polar surface area (TPSA) is 47.3 Å². The average molecular weight is 259 g/mol. The van der Waals surface area contributed by atoms with Gasteiger partial charge in [-0.3, -0.25) is 0 Å². The van der Waals surface area contributed by atoms with Gasteiger partial charge in [0.05, 0.1) is 12.8 Å². The molecule has 0 unspecified atom stereocenters. The third-order valence-electron chi connectivity index (χ3n) is 2.11. The second-order valence-corrected chi connectivity index (χ2v) is 3.86. The van der Waals surface area contributed by atoms with Gasteiger partial charge in [-0.05, 0) is 25.5 Å². The van der Waals surface area contributed by atoms with Crippen LogP contribution in [0.4, 0.5) is 11.4 Å². The first-order valence-corrected chi connectivity index (χ1v) is 5.27. The molecule has 0 fully saturated rings. The molecule has 1 aromatic rings. The third-order valence-corrected chi connectivity index (χ3v) is 2.93. The standard InChI is InChI=1S/C10H15BrN2O/c1-4-13-10-8(14-3)5-7(11)6(2)9(10)12/h5,13H,4,12H2,1-3H3. The molecule has 0 saturated heterocycles. The highest BCUT2D eigenvalue weighted by molar-refractivity contribution is 9.10. The molecular formula is C10H15BrN2O. The number of methoxy groups -OCH3 is 1. The third kappa shape index (κ3) is 1.95. The van der Waals surface area contributed by atoms with Crippen molar-refractivity contribution in [1.82, 2.24) is 0 Å². The Kier molecular flexibility index (Phi) is 3.63. The van der Waals surface area contributed by atoms with Crippen molar-refractivity contribution in [2.45, 2.75) is 13.8 Å². The van der Waals surface area contributed by atoms with E-state index in [1.165, 1.54) is 0 Å². The predicted molar refractivity (Wildman–Crippen MR) is 64.0 cm³/mol. The molecule has 0 amide bonds. The van der Waals surface area contributed by atoms with Crippen LogP contribution in [-0.2, 0) is 0 Å². The van der Waals surface area contributed by atoms with Crippen LogP contribution in [0.25, 0.3) is 0 Å². The summed E-state index contributed by atoms with van der Waals surface area (Å²) in [7, 11) is 1.64. The number of nitrogen functional groups attached to an aromatic ring is 1. The Balaban J connectivity index is 3.29. The van der Waals surface area contributed by atoms with E-state index in [0.717, 1.165) is 33.7 Å². The lowest BCUT2D eigenvalue weighted by Gasteiger charge is -2.15. The van der Waals surface area contributed by atoms with Crippen LogP contribution < -0.4 is 15.8 Å². The van der Waals surface area contributed by atoms with Crippen molar-refractivity contribution in [3.05, 3.63) is 16.1 Å². The molecule has 14 heavy (non-hydrogen) atoms. The summed E-state index contributed by atoms with van der Waals surface area (Å²) in [6.45, 7) is 4.82. The predicted octanol–water partition coefficient (Wildman–Crippen LogP) is 2.78. The summed E-state index contributed by atoms with van der Waals surface area (Å²) in [4.78, 5) is 0. The van der Waals surface area contributed by atoms with E-state index in [9.17, 15) is 0 Å². The summed E-state index contributed by atoms with van der Waals surface area (Å²) >= 11 is 3.44. The molecule has 0 radical (unpaired) electrons. The van der Waals surface area contributed by atoms with E-state index in [0.29, 0.717) is 0 Å². The largest absolute Gasteiger partial charge is 0.494 e. The Labute approximate surface area is 92.8 Å². The molecule has 1 aromatic carbocycles. The summed E-state index contributed by atoms with van der Waals surface area (Å²) in [5, 5.41) is 3.19. The molecule has 0 aliphatic heterocycles. The maximum Gasteiger partial charge on any atom is 0.145 e. The van der Waals surface area contributed by atoms with E-state index >= 15 is 0 Å². The zero-order valence-electron chi connectivity index (χ0n) is 8.65. The Morgan fingerprint density at radius 1 is 1.57 bits per heavy atom.